The van der Waals surface area contributed by atoms with E-state index in [0.29, 0.717) is 5.91 Å². The number of anilines is 1. The number of pyridine rings is 1. The first-order valence-electron chi connectivity index (χ1n) is 10.1. The largest absolute Gasteiger partial charge is 0.367 e. The summed E-state index contributed by atoms with van der Waals surface area (Å²) in [6.45, 7) is 7.42. The molecule has 1 atom stereocenters. The third kappa shape index (κ3) is 3.48. The van der Waals surface area contributed by atoms with Crippen molar-refractivity contribution in [3.63, 3.8) is 0 Å². The molecule has 1 aliphatic rings. The number of aromatic amines is 1. The molecular weight excluding hydrogens is 352 g/mol. The molecular formula is C21H28N6O. The van der Waals surface area contributed by atoms with Gasteiger partial charge < -0.3 is 14.8 Å². The summed E-state index contributed by atoms with van der Waals surface area (Å²) < 4.78 is 1.80. The number of amides is 1. The zero-order valence-electron chi connectivity index (χ0n) is 16.9. The average Bonchev–Trinajstić information content (AvgIpc) is 3.33. The number of aromatic nitrogens is 4. The van der Waals surface area contributed by atoms with Crippen LogP contribution in [0.4, 0.5) is 5.69 Å². The van der Waals surface area contributed by atoms with E-state index in [1.54, 1.807) is 4.68 Å². The first kappa shape index (κ1) is 18.5. The van der Waals surface area contributed by atoms with Gasteiger partial charge in [-0.15, -0.1) is 0 Å². The van der Waals surface area contributed by atoms with Gasteiger partial charge in [0.05, 0.1) is 11.9 Å². The second-order valence-electron chi connectivity index (χ2n) is 7.68. The Morgan fingerprint density at radius 2 is 2.07 bits per heavy atom. The maximum absolute atomic E-state index is 12.6. The summed E-state index contributed by atoms with van der Waals surface area (Å²) in [6.07, 6.45) is 7.71. The maximum atomic E-state index is 12.6. The van der Waals surface area contributed by atoms with E-state index in [9.17, 15) is 4.79 Å². The van der Waals surface area contributed by atoms with Gasteiger partial charge in [-0.05, 0) is 18.6 Å². The fourth-order valence-electron chi connectivity index (χ4n) is 4.04. The highest BCUT2D eigenvalue weighted by Gasteiger charge is 2.25. The van der Waals surface area contributed by atoms with Crippen LogP contribution >= 0.6 is 0 Å². The van der Waals surface area contributed by atoms with Crippen molar-refractivity contribution in [3.05, 3.63) is 30.7 Å². The summed E-state index contributed by atoms with van der Waals surface area (Å²) in [5, 5.41) is 5.37. The van der Waals surface area contributed by atoms with Crippen LogP contribution in [0, 0.1) is 5.92 Å². The van der Waals surface area contributed by atoms with Crippen LogP contribution in [0.5, 0.6) is 0 Å². The second kappa shape index (κ2) is 7.66. The molecule has 0 saturated carbocycles. The van der Waals surface area contributed by atoms with E-state index in [1.807, 2.05) is 37.5 Å². The predicted molar refractivity (Wildman–Crippen MR) is 111 cm³/mol. The highest BCUT2D eigenvalue weighted by molar-refractivity contribution is 5.93. The van der Waals surface area contributed by atoms with Gasteiger partial charge in [-0.25, -0.2) is 4.98 Å². The number of nitrogens with one attached hydrogen (secondary N) is 1. The van der Waals surface area contributed by atoms with E-state index >= 15 is 0 Å². The summed E-state index contributed by atoms with van der Waals surface area (Å²) >= 11 is 0. The fraction of sp³-hybridized carbons (Fsp3) is 0.476. The van der Waals surface area contributed by atoms with Gasteiger partial charge in [0.15, 0.2) is 0 Å². The van der Waals surface area contributed by atoms with Crippen LogP contribution < -0.4 is 4.90 Å². The number of H-pyrrole nitrogens is 1. The molecule has 1 N–H and O–H groups in total. The third-order valence-electron chi connectivity index (χ3n) is 5.60. The molecule has 1 aliphatic heterocycles. The molecule has 0 aromatic carbocycles. The molecule has 28 heavy (non-hydrogen) atoms. The van der Waals surface area contributed by atoms with Crippen LogP contribution in [-0.2, 0) is 11.8 Å². The number of piperazine rings is 1. The molecule has 7 heteroatoms. The fourth-order valence-corrected chi connectivity index (χ4v) is 4.04. The van der Waals surface area contributed by atoms with Gasteiger partial charge in [0.25, 0.3) is 0 Å². The van der Waals surface area contributed by atoms with Gasteiger partial charge in [0, 0.05) is 68.2 Å². The van der Waals surface area contributed by atoms with Crippen LogP contribution in [0.25, 0.3) is 22.3 Å². The number of rotatable bonds is 5. The first-order valence-corrected chi connectivity index (χ1v) is 10.1. The molecule has 0 aliphatic carbocycles. The topological polar surface area (TPSA) is 70.1 Å². The molecule has 1 saturated heterocycles. The highest BCUT2D eigenvalue weighted by Crippen LogP contribution is 2.30. The summed E-state index contributed by atoms with van der Waals surface area (Å²) in [5.74, 6) is 0.415. The molecule has 148 valence electrons. The van der Waals surface area contributed by atoms with Crippen LogP contribution in [0.1, 0.15) is 26.7 Å². The Labute approximate surface area is 165 Å². The molecule has 3 aromatic rings. The standard InChI is InChI=1S/C21H28N6O/c1-4-5-15(2)21(28)27-10-8-26(9-11-27)19-6-7-22-20-17(19)12-18(24-20)16-13-23-25(3)14-16/h6-7,12-15H,4-5,8-11H2,1-3H3,(H,22,24). The minimum Gasteiger partial charge on any atom is -0.367 e. The summed E-state index contributed by atoms with van der Waals surface area (Å²) in [5.41, 5.74) is 4.12. The maximum Gasteiger partial charge on any atom is 0.225 e. The SMILES string of the molecule is CCCC(C)C(=O)N1CCN(c2ccnc3[nH]c(-c4cnn(C)c4)cc23)CC1. The third-order valence-corrected chi connectivity index (χ3v) is 5.60. The van der Waals surface area contributed by atoms with Crippen molar-refractivity contribution >= 4 is 22.6 Å². The van der Waals surface area contributed by atoms with Crippen molar-refractivity contribution in [1.82, 2.24) is 24.6 Å². The van der Waals surface area contributed by atoms with Crippen LogP contribution in [0.3, 0.4) is 0 Å². The Kier molecular flexibility index (Phi) is 5.07. The first-order chi connectivity index (χ1) is 13.6. The predicted octanol–water partition coefficient (Wildman–Crippen LogP) is 3.05. The summed E-state index contributed by atoms with van der Waals surface area (Å²) in [4.78, 5) is 24.9. The lowest BCUT2D eigenvalue weighted by molar-refractivity contribution is -0.135. The summed E-state index contributed by atoms with van der Waals surface area (Å²) in [7, 11) is 1.91. The van der Waals surface area contributed by atoms with Crippen molar-refractivity contribution < 1.29 is 4.79 Å². The minimum absolute atomic E-state index is 0.121. The van der Waals surface area contributed by atoms with E-state index in [2.05, 4.69) is 39.0 Å². The lowest BCUT2D eigenvalue weighted by atomic mass is 10.0. The van der Waals surface area contributed by atoms with Crippen LogP contribution in [-0.4, -0.2) is 56.7 Å². The van der Waals surface area contributed by atoms with E-state index in [-0.39, 0.29) is 5.92 Å². The van der Waals surface area contributed by atoms with E-state index in [0.717, 1.165) is 61.3 Å². The monoisotopic (exact) mass is 380 g/mol. The zero-order chi connectivity index (χ0) is 19.7. The van der Waals surface area contributed by atoms with Gasteiger partial charge in [-0.1, -0.05) is 20.3 Å². The Hall–Kier alpha value is -2.83. The van der Waals surface area contributed by atoms with Gasteiger partial charge in [-0.3, -0.25) is 9.48 Å². The molecule has 0 radical (unpaired) electrons. The van der Waals surface area contributed by atoms with Gasteiger partial charge in [-0.2, -0.15) is 5.10 Å². The van der Waals surface area contributed by atoms with Gasteiger partial charge in [0.1, 0.15) is 5.65 Å². The number of carbonyl (C=O) groups is 1. The van der Waals surface area contributed by atoms with Gasteiger partial charge in [0.2, 0.25) is 5.91 Å². The lowest BCUT2D eigenvalue weighted by Gasteiger charge is -2.37. The molecule has 0 spiro atoms. The molecule has 0 bridgehead atoms. The quantitative estimate of drug-likeness (QED) is 0.739. The Morgan fingerprint density at radius 1 is 1.29 bits per heavy atom. The highest BCUT2D eigenvalue weighted by atomic mass is 16.2. The molecule has 7 nitrogen and oxygen atoms in total. The molecule has 4 rings (SSSR count). The molecule has 4 heterocycles. The average molecular weight is 380 g/mol. The van der Waals surface area contributed by atoms with E-state index in [4.69, 9.17) is 0 Å². The van der Waals surface area contributed by atoms with Crippen LogP contribution in [0.2, 0.25) is 0 Å². The van der Waals surface area contributed by atoms with Gasteiger partial charge >= 0.3 is 0 Å². The van der Waals surface area contributed by atoms with E-state index < -0.39 is 0 Å². The van der Waals surface area contributed by atoms with Crippen LogP contribution in [0.15, 0.2) is 30.7 Å². The molecule has 3 aromatic heterocycles. The van der Waals surface area contributed by atoms with Crippen molar-refractivity contribution in [2.75, 3.05) is 31.1 Å². The van der Waals surface area contributed by atoms with Crippen molar-refractivity contribution in [2.24, 2.45) is 13.0 Å². The molecule has 1 fully saturated rings. The number of carbonyl (C=O) groups excluding carboxylic acids is 1. The molecule has 1 unspecified atom stereocenters. The summed E-state index contributed by atoms with van der Waals surface area (Å²) in [6, 6.07) is 4.22. The molecule has 1 amide bonds. The lowest BCUT2D eigenvalue weighted by Crippen LogP contribution is -2.50. The smallest absolute Gasteiger partial charge is 0.225 e. The van der Waals surface area contributed by atoms with Crippen molar-refractivity contribution in [2.45, 2.75) is 26.7 Å². The number of nitrogens with zero attached hydrogens (tertiary/aromatic N) is 5. The second-order valence-corrected chi connectivity index (χ2v) is 7.68. The Bertz CT molecular complexity index is 966. The Morgan fingerprint density at radius 3 is 2.75 bits per heavy atom. The number of hydrogen-bond acceptors (Lipinski definition) is 4. The number of aryl methyl sites for hydroxylation is 1. The van der Waals surface area contributed by atoms with Crippen molar-refractivity contribution in [1.29, 1.82) is 0 Å². The normalized spacial score (nSPS) is 16.0. The number of hydrogen-bond donors (Lipinski definition) is 1. The van der Waals surface area contributed by atoms with Crippen molar-refractivity contribution in [3.8, 4) is 11.3 Å². The minimum atomic E-state index is 0.121. The zero-order valence-corrected chi connectivity index (χ0v) is 16.9. The van der Waals surface area contributed by atoms with E-state index in [1.165, 1.54) is 5.69 Å². The number of fused-ring (bicyclic) bond motifs is 1. The Balaban J connectivity index is 1.52.